The molecule has 0 fully saturated rings. The van der Waals surface area contributed by atoms with E-state index in [1.54, 1.807) is 12.4 Å². The van der Waals surface area contributed by atoms with Gasteiger partial charge in [0, 0.05) is 23.8 Å². The molecule has 0 aliphatic heterocycles. The first-order valence-electron chi connectivity index (χ1n) is 7.39. The molecule has 3 aromatic rings. The Kier molecular flexibility index (Phi) is 4.52. The van der Waals surface area contributed by atoms with Gasteiger partial charge in [0.1, 0.15) is 5.82 Å². The number of benzene rings is 2. The number of nitrogens with zero attached hydrogens (tertiary/aromatic N) is 1. The molecular formula is C19H15FN2O2. The highest BCUT2D eigenvalue weighted by Crippen LogP contribution is 2.21. The van der Waals surface area contributed by atoms with Crippen molar-refractivity contribution in [1.82, 2.24) is 4.98 Å². The minimum Gasteiger partial charge on any atom is -0.478 e. The number of anilines is 2. The van der Waals surface area contributed by atoms with E-state index in [-0.39, 0.29) is 5.56 Å². The van der Waals surface area contributed by atoms with E-state index >= 15 is 0 Å². The number of aromatic nitrogens is 1. The average Bonchev–Trinajstić information content (AvgIpc) is 2.59. The molecule has 1 aromatic heterocycles. The molecule has 0 saturated heterocycles. The largest absolute Gasteiger partial charge is 0.478 e. The van der Waals surface area contributed by atoms with Crippen LogP contribution in [0.1, 0.15) is 21.5 Å². The zero-order valence-electron chi connectivity index (χ0n) is 12.7. The van der Waals surface area contributed by atoms with Gasteiger partial charge in [0.05, 0.1) is 5.56 Å². The second kappa shape index (κ2) is 6.91. The highest BCUT2D eigenvalue weighted by Gasteiger charge is 2.10. The number of hydrogen-bond acceptors (Lipinski definition) is 3. The zero-order chi connectivity index (χ0) is 16.9. The van der Waals surface area contributed by atoms with Crippen molar-refractivity contribution in [2.24, 2.45) is 0 Å². The summed E-state index contributed by atoms with van der Waals surface area (Å²) in [6.45, 7) is 0. The fourth-order valence-corrected chi connectivity index (χ4v) is 2.38. The molecule has 0 unspecified atom stereocenters. The molecule has 2 aromatic carbocycles. The van der Waals surface area contributed by atoms with Crippen LogP contribution in [0.3, 0.4) is 0 Å². The van der Waals surface area contributed by atoms with E-state index < -0.39 is 11.8 Å². The summed E-state index contributed by atoms with van der Waals surface area (Å²) in [5.74, 6) is -2.04. The Balaban J connectivity index is 1.72. The molecule has 0 radical (unpaired) electrons. The molecular weight excluding hydrogens is 307 g/mol. The van der Waals surface area contributed by atoms with Crippen molar-refractivity contribution in [3.63, 3.8) is 0 Å². The number of halogens is 1. The first-order valence-corrected chi connectivity index (χ1v) is 7.39. The molecule has 0 saturated carbocycles. The number of hydrogen-bond donors (Lipinski definition) is 2. The molecule has 1 heterocycles. The summed E-state index contributed by atoms with van der Waals surface area (Å²) in [6.07, 6.45) is 4.34. The van der Waals surface area contributed by atoms with E-state index in [4.69, 9.17) is 5.11 Å². The van der Waals surface area contributed by atoms with Crippen LogP contribution >= 0.6 is 0 Å². The minimum atomic E-state index is -1.29. The molecule has 120 valence electrons. The predicted octanol–water partition coefficient (Wildman–Crippen LogP) is 4.25. The van der Waals surface area contributed by atoms with Crippen molar-refractivity contribution in [2.45, 2.75) is 6.42 Å². The van der Waals surface area contributed by atoms with E-state index in [0.29, 0.717) is 5.69 Å². The third kappa shape index (κ3) is 3.76. The molecule has 0 spiro atoms. The van der Waals surface area contributed by atoms with Gasteiger partial charge in [0.25, 0.3) is 0 Å². The van der Waals surface area contributed by atoms with Crippen LogP contribution in [0.25, 0.3) is 0 Å². The van der Waals surface area contributed by atoms with Crippen LogP contribution in [0.5, 0.6) is 0 Å². The molecule has 0 amide bonds. The van der Waals surface area contributed by atoms with Gasteiger partial charge < -0.3 is 10.4 Å². The number of carboxylic acids is 1. The van der Waals surface area contributed by atoms with Crippen molar-refractivity contribution in [1.29, 1.82) is 0 Å². The Labute approximate surface area is 138 Å². The Morgan fingerprint density at radius 3 is 2.25 bits per heavy atom. The fourth-order valence-electron chi connectivity index (χ4n) is 2.38. The smallest absolute Gasteiger partial charge is 0.338 e. The standard InChI is InChI=1S/C19H15FN2O2/c20-18-6-5-16(12-17(18)19(23)24)22-15-3-1-13(2-4-15)11-14-7-9-21-10-8-14/h1-10,12,22H,11H2,(H,23,24). The van der Waals surface area contributed by atoms with Gasteiger partial charge in [0.15, 0.2) is 0 Å². The Hall–Kier alpha value is -3.21. The number of carbonyl (C=O) groups is 1. The molecule has 24 heavy (non-hydrogen) atoms. The number of rotatable bonds is 5. The highest BCUT2D eigenvalue weighted by molar-refractivity contribution is 5.89. The lowest BCUT2D eigenvalue weighted by Gasteiger charge is -2.09. The summed E-state index contributed by atoms with van der Waals surface area (Å²) < 4.78 is 13.4. The van der Waals surface area contributed by atoms with Crippen molar-refractivity contribution in [3.05, 3.63) is 89.5 Å². The number of pyridine rings is 1. The van der Waals surface area contributed by atoms with Crippen LogP contribution < -0.4 is 5.32 Å². The lowest BCUT2D eigenvalue weighted by Crippen LogP contribution is -2.01. The highest BCUT2D eigenvalue weighted by atomic mass is 19.1. The summed E-state index contributed by atoms with van der Waals surface area (Å²) >= 11 is 0. The first-order chi connectivity index (χ1) is 11.6. The zero-order valence-corrected chi connectivity index (χ0v) is 12.7. The van der Waals surface area contributed by atoms with Gasteiger partial charge in [-0.1, -0.05) is 12.1 Å². The Morgan fingerprint density at radius 2 is 1.58 bits per heavy atom. The van der Waals surface area contributed by atoms with E-state index in [0.717, 1.165) is 23.7 Å². The van der Waals surface area contributed by atoms with Crippen LogP contribution in [-0.4, -0.2) is 16.1 Å². The molecule has 0 atom stereocenters. The van der Waals surface area contributed by atoms with Gasteiger partial charge in [-0.05, 0) is 60.0 Å². The normalized spacial score (nSPS) is 10.4. The van der Waals surface area contributed by atoms with Gasteiger partial charge >= 0.3 is 5.97 Å². The summed E-state index contributed by atoms with van der Waals surface area (Å²) in [7, 11) is 0. The van der Waals surface area contributed by atoms with Crippen molar-refractivity contribution < 1.29 is 14.3 Å². The quantitative estimate of drug-likeness (QED) is 0.737. The van der Waals surface area contributed by atoms with Crippen molar-refractivity contribution >= 4 is 17.3 Å². The monoisotopic (exact) mass is 322 g/mol. The maximum Gasteiger partial charge on any atom is 0.338 e. The van der Waals surface area contributed by atoms with E-state index in [1.807, 2.05) is 36.4 Å². The van der Waals surface area contributed by atoms with Crippen LogP contribution in [-0.2, 0) is 6.42 Å². The lowest BCUT2D eigenvalue weighted by molar-refractivity contribution is 0.0692. The van der Waals surface area contributed by atoms with E-state index in [2.05, 4.69) is 10.3 Å². The van der Waals surface area contributed by atoms with Gasteiger partial charge in [-0.25, -0.2) is 9.18 Å². The van der Waals surface area contributed by atoms with E-state index in [9.17, 15) is 9.18 Å². The van der Waals surface area contributed by atoms with Crippen LogP contribution in [0.4, 0.5) is 15.8 Å². The first kappa shape index (κ1) is 15.7. The van der Waals surface area contributed by atoms with E-state index in [1.165, 1.54) is 17.7 Å². The van der Waals surface area contributed by atoms with Crippen LogP contribution in [0.15, 0.2) is 67.0 Å². The van der Waals surface area contributed by atoms with Crippen molar-refractivity contribution in [2.75, 3.05) is 5.32 Å². The molecule has 2 N–H and O–H groups in total. The van der Waals surface area contributed by atoms with Crippen LogP contribution in [0, 0.1) is 5.82 Å². The van der Waals surface area contributed by atoms with Crippen LogP contribution in [0.2, 0.25) is 0 Å². The Morgan fingerprint density at radius 1 is 0.958 bits per heavy atom. The van der Waals surface area contributed by atoms with Gasteiger partial charge in [-0.3, -0.25) is 4.98 Å². The summed E-state index contributed by atoms with van der Waals surface area (Å²) in [6, 6.07) is 15.7. The molecule has 4 nitrogen and oxygen atoms in total. The van der Waals surface area contributed by atoms with Gasteiger partial charge in [0.2, 0.25) is 0 Å². The molecule has 0 aliphatic rings. The minimum absolute atomic E-state index is 0.352. The fraction of sp³-hybridized carbons (Fsp3) is 0.0526. The average molecular weight is 322 g/mol. The third-order valence-corrected chi connectivity index (χ3v) is 3.60. The SMILES string of the molecule is O=C(O)c1cc(Nc2ccc(Cc3ccncc3)cc2)ccc1F. The second-order valence-corrected chi connectivity index (χ2v) is 5.35. The topological polar surface area (TPSA) is 62.2 Å². The third-order valence-electron chi connectivity index (χ3n) is 3.60. The molecule has 0 aliphatic carbocycles. The lowest BCUT2D eigenvalue weighted by atomic mass is 10.1. The summed E-state index contributed by atoms with van der Waals surface area (Å²) in [5, 5.41) is 12.0. The maximum atomic E-state index is 13.4. The summed E-state index contributed by atoms with van der Waals surface area (Å²) in [4.78, 5) is 15.0. The maximum absolute atomic E-state index is 13.4. The number of aromatic carboxylic acids is 1. The summed E-state index contributed by atoms with van der Waals surface area (Å²) in [5.41, 5.74) is 3.30. The Bertz CT molecular complexity index is 849. The number of nitrogens with one attached hydrogen (secondary N) is 1. The molecule has 3 rings (SSSR count). The molecule has 5 heteroatoms. The van der Waals surface area contributed by atoms with Crippen molar-refractivity contribution in [3.8, 4) is 0 Å². The van der Waals surface area contributed by atoms with Gasteiger partial charge in [-0.15, -0.1) is 0 Å². The number of carboxylic acid groups (broad SMARTS) is 1. The van der Waals surface area contributed by atoms with Gasteiger partial charge in [-0.2, -0.15) is 0 Å². The molecule has 0 bridgehead atoms. The predicted molar refractivity (Wildman–Crippen MR) is 90.1 cm³/mol. The second-order valence-electron chi connectivity index (χ2n) is 5.35.